The molecule has 7 heteroatoms. The average molecular weight is 473 g/mol. The Hall–Kier alpha value is -1.85. The fourth-order valence-electron chi connectivity index (χ4n) is 3.98. The molecular formula is C27H44N4O3. The number of aryl methyl sites for hydroxylation is 2. The normalized spacial score (nSPS) is 16.8. The first-order valence-electron chi connectivity index (χ1n) is 13.0. The summed E-state index contributed by atoms with van der Waals surface area (Å²) in [7, 11) is 0. The molecule has 3 heterocycles. The van der Waals surface area contributed by atoms with E-state index in [4.69, 9.17) is 14.5 Å². The number of ether oxygens (including phenoxy) is 2. The number of hydrogen-bond acceptors (Lipinski definition) is 7. The van der Waals surface area contributed by atoms with Gasteiger partial charge in [-0.05, 0) is 25.3 Å². The lowest BCUT2D eigenvalue weighted by molar-refractivity contribution is -0.111. The largest absolute Gasteiger partial charge is 0.379 e. The fourth-order valence-corrected chi connectivity index (χ4v) is 3.98. The Morgan fingerprint density at radius 1 is 0.941 bits per heavy atom. The smallest absolute Gasteiger partial charge is 0.202 e. The quantitative estimate of drug-likeness (QED) is 0.294. The zero-order valence-corrected chi connectivity index (χ0v) is 21.6. The third-order valence-corrected chi connectivity index (χ3v) is 5.87. The molecule has 7 nitrogen and oxygen atoms in total. The van der Waals surface area contributed by atoms with Gasteiger partial charge < -0.3 is 9.47 Å². The molecule has 2 fully saturated rings. The van der Waals surface area contributed by atoms with E-state index in [-0.39, 0.29) is 5.78 Å². The number of unbranched alkanes of at least 4 members (excludes halogenated alkanes) is 5. The van der Waals surface area contributed by atoms with E-state index in [9.17, 15) is 4.79 Å². The molecule has 0 N–H and O–H groups in total. The molecule has 3 rings (SSSR count). The molecule has 2 saturated heterocycles. The molecule has 0 unspecified atom stereocenters. The highest BCUT2D eigenvalue weighted by atomic mass is 16.5. The molecule has 0 amide bonds. The average Bonchev–Trinajstić information content (AvgIpc) is 2.82. The van der Waals surface area contributed by atoms with Crippen molar-refractivity contribution in [3.05, 3.63) is 23.3 Å². The molecule has 0 saturated carbocycles. The summed E-state index contributed by atoms with van der Waals surface area (Å²) in [6.45, 7) is 14.5. The zero-order valence-electron chi connectivity index (χ0n) is 21.6. The molecule has 1 aromatic rings. The number of Topliss-reactive ketones (excluding diaryl/α,β-unsaturated/α-hetero) is 1. The van der Waals surface area contributed by atoms with Gasteiger partial charge in [-0.2, -0.15) is 0 Å². The lowest BCUT2D eigenvalue weighted by Crippen LogP contribution is -2.36. The van der Waals surface area contributed by atoms with Crippen molar-refractivity contribution in [1.82, 2.24) is 19.8 Å². The van der Waals surface area contributed by atoms with Crippen LogP contribution in [0, 0.1) is 18.8 Å². The summed E-state index contributed by atoms with van der Waals surface area (Å²) in [5.74, 6) is 6.31. The molecule has 1 aromatic heterocycles. The van der Waals surface area contributed by atoms with Gasteiger partial charge in [0.2, 0.25) is 5.78 Å². The summed E-state index contributed by atoms with van der Waals surface area (Å²) >= 11 is 0. The summed E-state index contributed by atoms with van der Waals surface area (Å²) in [5, 5.41) is 0. The summed E-state index contributed by atoms with van der Waals surface area (Å²) < 4.78 is 10.6. The van der Waals surface area contributed by atoms with Gasteiger partial charge >= 0.3 is 0 Å². The van der Waals surface area contributed by atoms with Gasteiger partial charge in [0.15, 0.2) is 0 Å². The first-order valence-corrected chi connectivity index (χ1v) is 13.0. The first kappa shape index (κ1) is 28.4. The van der Waals surface area contributed by atoms with Crippen LogP contribution in [0.4, 0.5) is 0 Å². The molecule has 0 bridgehead atoms. The van der Waals surface area contributed by atoms with Gasteiger partial charge in [0, 0.05) is 51.8 Å². The Labute approximate surface area is 206 Å². The van der Waals surface area contributed by atoms with Crippen molar-refractivity contribution in [2.45, 2.75) is 72.3 Å². The van der Waals surface area contributed by atoms with E-state index >= 15 is 0 Å². The summed E-state index contributed by atoms with van der Waals surface area (Å²) in [6, 6.07) is 2.13. The van der Waals surface area contributed by atoms with Crippen molar-refractivity contribution < 1.29 is 14.3 Å². The monoisotopic (exact) mass is 472 g/mol. The van der Waals surface area contributed by atoms with Crippen LogP contribution in [0.25, 0.3) is 0 Å². The van der Waals surface area contributed by atoms with Crippen molar-refractivity contribution in [2.75, 3.05) is 59.2 Å². The number of nitrogens with zero attached hydrogens (tertiary/aromatic N) is 4. The van der Waals surface area contributed by atoms with Crippen LogP contribution in [0.15, 0.2) is 6.07 Å². The van der Waals surface area contributed by atoms with Crippen molar-refractivity contribution in [3.63, 3.8) is 0 Å². The summed E-state index contributed by atoms with van der Waals surface area (Å²) in [4.78, 5) is 24.4. The Morgan fingerprint density at radius 2 is 1.56 bits per heavy atom. The third-order valence-electron chi connectivity index (χ3n) is 5.87. The van der Waals surface area contributed by atoms with Gasteiger partial charge in [0.1, 0.15) is 5.82 Å². The maximum absolute atomic E-state index is 10.5. The minimum Gasteiger partial charge on any atom is -0.379 e. The minimum absolute atomic E-state index is 0.0664. The number of aromatic nitrogens is 2. The maximum atomic E-state index is 10.5. The minimum atomic E-state index is -0.0664. The van der Waals surface area contributed by atoms with Crippen molar-refractivity contribution >= 4 is 5.78 Å². The lowest BCUT2D eigenvalue weighted by Gasteiger charge is -2.26. The van der Waals surface area contributed by atoms with Crippen LogP contribution >= 0.6 is 0 Å². The van der Waals surface area contributed by atoms with Crippen molar-refractivity contribution in [3.8, 4) is 11.8 Å². The van der Waals surface area contributed by atoms with Crippen LogP contribution in [0.1, 0.15) is 69.6 Å². The number of morpholine rings is 2. The van der Waals surface area contributed by atoms with E-state index in [0.717, 1.165) is 82.8 Å². The molecule has 190 valence electrons. The summed E-state index contributed by atoms with van der Waals surface area (Å²) in [5.41, 5.74) is 2.26. The van der Waals surface area contributed by atoms with Gasteiger partial charge in [-0.15, -0.1) is 0 Å². The standard InChI is InChI=1S/C18H31N3O.C9H13NO2/c1-3-4-5-6-7-8-9-18-19-16(2)14-17(20-18)15-21-10-12-22-13-11-21;1-9(11)3-2-4-10-5-7-12-8-6-10/h14H,3-13,15H2,1-2H3;4-8H2,1H3. The fraction of sp³-hybridized carbons (Fsp3) is 0.741. The highest BCUT2D eigenvalue weighted by Gasteiger charge is 2.12. The van der Waals surface area contributed by atoms with Crippen LogP contribution < -0.4 is 0 Å². The van der Waals surface area contributed by atoms with Gasteiger partial charge in [-0.1, -0.05) is 44.9 Å². The molecule has 0 atom stereocenters. The second kappa shape index (κ2) is 17.6. The van der Waals surface area contributed by atoms with Crippen LogP contribution in [-0.2, 0) is 27.2 Å². The Kier molecular flexibility index (Phi) is 14.7. The zero-order chi connectivity index (χ0) is 24.4. The predicted molar refractivity (Wildman–Crippen MR) is 136 cm³/mol. The lowest BCUT2D eigenvalue weighted by atomic mass is 10.1. The second-order valence-electron chi connectivity index (χ2n) is 9.07. The number of rotatable bonds is 10. The molecule has 0 spiro atoms. The van der Waals surface area contributed by atoms with Crippen LogP contribution in [0.2, 0.25) is 0 Å². The highest BCUT2D eigenvalue weighted by molar-refractivity contribution is 5.93. The Morgan fingerprint density at radius 3 is 2.21 bits per heavy atom. The predicted octanol–water partition coefficient (Wildman–Crippen LogP) is 3.43. The molecular weight excluding hydrogens is 428 g/mol. The van der Waals surface area contributed by atoms with Crippen molar-refractivity contribution in [1.29, 1.82) is 0 Å². The summed E-state index contributed by atoms with van der Waals surface area (Å²) in [6.07, 6.45) is 8.93. The Bertz CT molecular complexity index is 763. The van der Waals surface area contributed by atoms with Crippen LogP contribution in [0.5, 0.6) is 0 Å². The van der Waals surface area contributed by atoms with Crippen LogP contribution in [-0.4, -0.2) is 84.7 Å². The molecule has 0 aromatic carbocycles. The molecule has 2 aliphatic heterocycles. The number of ketones is 1. The van der Waals surface area contributed by atoms with Gasteiger partial charge in [0.25, 0.3) is 0 Å². The van der Waals surface area contributed by atoms with E-state index in [1.54, 1.807) is 0 Å². The second-order valence-corrected chi connectivity index (χ2v) is 9.07. The molecule has 0 radical (unpaired) electrons. The molecule has 0 aliphatic carbocycles. The maximum Gasteiger partial charge on any atom is 0.202 e. The van der Waals surface area contributed by atoms with E-state index < -0.39 is 0 Å². The number of hydrogen-bond donors (Lipinski definition) is 0. The van der Waals surface area contributed by atoms with E-state index in [1.807, 2.05) is 0 Å². The van der Waals surface area contributed by atoms with Crippen LogP contribution in [0.3, 0.4) is 0 Å². The molecule has 2 aliphatic rings. The van der Waals surface area contributed by atoms with Gasteiger partial charge in [-0.25, -0.2) is 9.97 Å². The number of carbonyl (C=O) groups excluding carboxylic acids is 1. The first-order chi connectivity index (χ1) is 16.6. The topological polar surface area (TPSA) is 67.8 Å². The SMILES string of the molecule is CC(=O)C#CCN1CCOCC1.CCCCCCCCc1nc(C)cc(CN2CCOCC2)n1. The van der Waals surface area contributed by atoms with Crippen molar-refractivity contribution in [2.24, 2.45) is 0 Å². The van der Waals surface area contributed by atoms with Gasteiger partial charge in [-0.3, -0.25) is 14.6 Å². The van der Waals surface area contributed by atoms with E-state index in [0.29, 0.717) is 6.54 Å². The van der Waals surface area contributed by atoms with Gasteiger partial charge in [0.05, 0.1) is 38.7 Å². The third kappa shape index (κ3) is 13.1. The van der Waals surface area contributed by atoms with E-state index in [2.05, 4.69) is 46.5 Å². The highest BCUT2D eigenvalue weighted by Crippen LogP contribution is 2.11. The number of carbonyl (C=O) groups is 1. The Balaban J connectivity index is 0.000000287. The molecule has 34 heavy (non-hydrogen) atoms. The van der Waals surface area contributed by atoms with E-state index in [1.165, 1.54) is 45.4 Å².